The molecule has 0 radical (unpaired) electrons. The first-order valence-corrected chi connectivity index (χ1v) is 5.99. The summed E-state index contributed by atoms with van der Waals surface area (Å²) in [5.41, 5.74) is 2.51. The Labute approximate surface area is 95.7 Å². The van der Waals surface area contributed by atoms with Crippen molar-refractivity contribution in [2.45, 2.75) is 25.3 Å². The van der Waals surface area contributed by atoms with Crippen molar-refractivity contribution >= 4 is 10.9 Å². The van der Waals surface area contributed by atoms with Crippen molar-refractivity contribution < 1.29 is 0 Å². The molecule has 1 aromatic carbocycles. The van der Waals surface area contributed by atoms with Crippen molar-refractivity contribution in [2.24, 2.45) is 0 Å². The van der Waals surface area contributed by atoms with Crippen LogP contribution in [0.15, 0.2) is 36.5 Å². The van der Waals surface area contributed by atoms with E-state index >= 15 is 0 Å². The number of hydrogen-bond acceptors (Lipinski definition) is 2. The minimum Gasteiger partial charge on any atom is -0.314 e. The van der Waals surface area contributed by atoms with E-state index in [4.69, 9.17) is 0 Å². The van der Waals surface area contributed by atoms with E-state index in [2.05, 4.69) is 34.6 Å². The van der Waals surface area contributed by atoms with Gasteiger partial charge in [0.15, 0.2) is 0 Å². The quantitative estimate of drug-likeness (QED) is 0.842. The summed E-state index contributed by atoms with van der Waals surface area (Å²) in [5.74, 6) is 0. The summed E-state index contributed by atoms with van der Waals surface area (Å²) in [5, 5.41) is 4.78. The molecule has 1 aromatic heterocycles. The van der Waals surface area contributed by atoms with Gasteiger partial charge in [-0.25, -0.2) is 0 Å². The van der Waals surface area contributed by atoms with Crippen LogP contribution in [-0.2, 0) is 6.42 Å². The number of para-hydroxylation sites is 1. The van der Waals surface area contributed by atoms with Gasteiger partial charge in [0.1, 0.15) is 0 Å². The van der Waals surface area contributed by atoms with E-state index in [9.17, 15) is 0 Å². The Balaban J connectivity index is 1.79. The van der Waals surface area contributed by atoms with E-state index in [1.807, 2.05) is 12.3 Å². The van der Waals surface area contributed by atoms with Crippen molar-refractivity contribution in [3.8, 4) is 0 Å². The zero-order valence-electron chi connectivity index (χ0n) is 9.32. The molecule has 1 aliphatic rings. The smallest absolute Gasteiger partial charge is 0.0734 e. The molecule has 0 aliphatic heterocycles. The molecule has 16 heavy (non-hydrogen) atoms. The molecular weight excluding hydrogens is 196 g/mol. The maximum absolute atomic E-state index is 4.47. The number of rotatable bonds is 4. The topological polar surface area (TPSA) is 24.9 Å². The van der Waals surface area contributed by atoms with Gasteiger partial charge < -0.3 is 5.32 Å². The van der Waals surface area contributed by atoms with Crippen molar-refractivity contribution in [1.82, 2.24) is 10.3 Å². The summed E-state index contributed by atoms with van der Waals surface area (Å²) in [6, 6.07) is 11.3. The molecular formula is C14H16N2. The number of nitrogens with zero attached hydrogens (tertiary/aromatic N) is 1. The molecule has 3 rings (SSSR count). The lowest BCUT2D eigenvalue weighted by Gasteiger charge is -2.06. The first-order chi connectivity index (χ1) is 7.93. The number of pyridine rings is 1. The summed E-state index contributed by atoms with van der Waals surface area (Å²) in [4.78, 5) is 4.47. The van der Waals surface area contributed by atoms with Gasteiger partial charge in [0.25, 0.3) is 0 Å². The number of fused-ring (bicyclic) bond motifs is 1. The lowest BCUT2D eigenvalue weighted by atomic mass is 10.1. The minimum absolute atomic E-state index is 0.794. The van der Waals surface area contributed by atoms with Gasteiger partial charge in [-0.1, -0.05) is 24.3 Å². The molecule has 2 heteroatoms. The van der Waals surface area contributed by atoms with Crippen LogP contribution in [0.1, 0.15) is 18.4 Å². The molecule has 0 bridgehead atoms. The van der Waals surface area contributed by atoms with Crippen LogP contribution in [0.5, 0.6) is 0 Å². The molecule has 2 nitrogen and oxygen atoms in total. The highest BCUT2D eigenvalue weighted by Gasteiger charge is 2.19. The highest BCUT2D eigenvalue weighted by molar-refractivity contribution is 5.81. The molecule has 1 aliphatic carbocycles. The summed E-state index contributed by atoms with van der Waals surface area (Å²) in [6.45, 7) is 1.07. The average molecular weight is 212 g/mol. The highest BCUT2D eigenvalue weighted by atomic mass is 14.9. The van der Waals surface area contributed by atoms with Crippen LogP contribution in [0, 0.1) is 0 Å². The molecule has 0 unspecified atom stereocenters. The molecule has 1 heterocycles. The number of aromatic nitrogens is 1. The van der Waals surface area contributed by atoms with Gasteiger partial charge in [-0.05, 0) is 37.4 Å². The fourth-order valence-electron chi connectivity index (χ4n) is 2.07. The minimum atomic E-state index is 0.794. The Morgan fingerprint density at radius 3 is 2.94 bits per heavy atom. The molecule has 1 N–H and O–H groups in total. The van der Waals surface area contributed by atoms with Gasteiger partial charge in [0, 0.05) is 17.6 Å². The van der Waals surface area contributed by atoms with Crippen molar-refractivity contribution in [1.29, 1.82) is 0 Å². The van der Waals surface area contributed by atoms with Gasteiger partial charge in [0.05, 0.1) is 5.52 Å². The summed E-state index contributed by atoms with van der Waals surface area (Å²) >= 11 is 0. The van der Waals surface area contributed by atoms with Crippen molar-refractivity contribution in [3.05, 3.63) is 42.1 Å². The third kappa shape index (κ3) is 2.07. The Bertz CT molecular complexity index is 484. The SMILES string of the molecule is c1cnc2c(CCNC3CC3)cccc2c1. The van der Waals surface area contributed by atoms with E-state index in [1.54, 1.807) is 0 Å². The Morgan fingerprint density at radius 1 is 1.19 bits per heavy atom. The maximum atomic E-state index is 4.47. The normalized spacial score (nSPS) is 15.5. The largest absolute Gasteiger partial charge is 0.314 e. The summed E-state index contributed by atoms with van der Waals surface area (Å²) < 4.78 is 0. The third-order valence-electron chi connectivity index (χ3n) is 3.12. The lowest BCUT2D eigenvalue weighted by molar-refractivity contribution is 0.683. The standard InChI is InChI=1S/C14H16N2/c1-3-11-5-2-9-16-14(11)12(4-1)8-10-15-13-6-7-13/h1-5,9,13,15H,6-8,10H2. The van der Waals surface area contributed by atoms with Crippen molar-refractivity contribution in [2.75, 3.05) is 6.54 Å². The average Bonchev–Trinajstić information content (AvgIpc) is 3.13. The van der Waals surface area contributed by atoms with E-state index in [0.29, 0.717) is 0 Å². The van der Waals surface area contributed by atoms with E-state index in [1.165, 1.54) is 23.8 Å². The number of hydrogen-bond donors (Lipinski definition) is 1. The number of nitrogens with one attached hydrogen (secondary N) is 1. The summed E-state index contributed by atoms with van der Waals surface area (Å²) in [6.07, 6.45) is 5.66. The molecule has 0 saturated heterocycles. The molecule has 1 saturated carbocycles. The fraction of sp³-hybridized carbons (Fsp3) is 0.357. The van der Waals surface area contributed by atoms with Gasteiger partial charge >= 0.3 is 0 Å². The monoisotopic (exact) mass is 212 g/mol. The van der Waals surface area contributed by atoms with Crippen LogP contribution in [0.25, 0.3) is 10.9 Å². The molecule has 0 amide bonds. The first kappa shape index (κ1) is 9.79. The van der Waals surface area contributed by atoms with Crippen LogP contribution in [0.4, 0.5) is 0 Å². The Hall–Kier alpha value is -1.41. The molecule has 0 atom stereocenters. The van der Waals surface area contributed by atoms with Crippen LogP contribution in [0.2, 0.25) is 0 Å². The lowest BCUT2D eigenvalue weighted by Crippen LogP contribution is -2.19. The third-order valence-corrected chi connectivity index (χ3v) is 3.12. The second-order valence-corrected chi connectivity index (χ2v) is 4.47. The zero-order chi connectivity index (χ0) is 10.8. The molecule has 2 aromatic rings. The van der Waals surface area contributed by atoms with E-state index in [0.717, 1.165) is 24.5 Å². The second kappa shape index (κ2) is 4.22. The predicted molar refractivity (Wildman–Crippen MR) is 66.5 cm³/mol. The van der Waals surface area contributed by atoms with Crippen LogP contribution in [-0.4, -0.2) is 17.6 Å². The van der Waals surface area contributed by atoms with Crippen LogP contribution >= 0.6 is 0 Å². The Morgan fingerprint density at radius 2 is 2.06 bits per heavy atom. The first-order valence-electron chi connectivity index (χ1n) is 5.99. The molecule has 0 spiro atoms. The van der Waals surface area contributed by atoms with E-state index in [-0.39, 0.29) is 0 Å². The van der Waals surface area contributed by atoms with Gasteiger partial charge in [-0.15, -0.1) is 0 Å². The zero-order valence-corrected chi connectivity index (χ0v) is 9.32. The predicted octanol–water partition coefficient (Wildman–Crippen LogP) is 2.53. The van der Waals surface area contributed by atoms with Gasteiger partial charge in [-0.3, -0.25) is 4.98 Å². The van der Waals surface area contributed by atoms with Gasteiger partial charge in [0.2, 0.25) is 0 Å². The fourth-order valence-corrected chi connectivity index (χ4v) is 2.07. The van der Waals surface area contributed by atoms with E-state index < -0.39 is 0 Å². The van der Waals surface area contributed by atoms with Crippen molar-refractivity contribution in [3.63, 3.8) is 0 Å². The number of benzene rings is 1. The van der Waals surface area contributed by atoms with Crippen LogP contribution < -0.4 is 5.32 Å². The van der Waals surface area contributed by atoms with Gasteiger partial charge in [-0.2, -0.15) is 0 Å². The van der Waals surface area contributed by atoms with Crippen LogP contribution in [0.3, 0.4) is 0 Å². The maximum Gasteiger partial charge on any atom is 0.0734 e. The molecule has 82 valence electrons. The summed E-state index contributed by atoms with van der Waals surface area (Å²) in [7, 11) is 0. The molecule has 1 fully saturated rings. The highest BCUT2D eigenvalue weighted by Crippen LogP contribution is 2.19. The second-order valence-electron chi connectivity index (χ2n) is 4.47. The Kier molecular flexibility index (Phi) is 2.58.